The Balaban J connectivity index is 2.60. The lowest BCUT2D eigenvalue weighted by molar-refractivity contribution is 0.0943. The maximum absolute atomic E-state index is 11.7. The van der Waals surface area contributed by atoms with Gasteiger partial charge in [-0.1, -0.05) is 19.0 Å². The van der Waals surface area contributed by atoms with Gasteiger partial charge in [0.15, 0.2) is 0 Å². The van der Waals surface area contributed by atoms with Crippen molar-refractivity contribution in [1.82, 2.24) is 5.32 Å². The largest absolute Gasteiger partial charge is 0.469 e. The van der Waals surface area contributed by atoms with E-state index >= 15 is 0 Å². The number of aryl methyl sites for hydroxylation is 1. The molecule has 0 saturated heterocycles. The molecule has 1 amide bonds. The first-order valence-electron chi connectivity index (χ1n) is 5.18. The first-order chi connectivity index (χ1) is 7.86. The molecule has 0 bridgehead atoms. The smallest absolute Gasteiger partial charge is 0.254 e. The van der Waals surface area contributed by atoms with Crippen molar-refractivity contribution in [3.8, 4) is 0 Å². The van der Waals surface area contributed by atoms with Crippen LogP contribution >= 0.6 is 0 Å². The maximum Gasteiger partial charge on any atom is 0.254 e. The van der Waals surface area contributed by atoms with Crippen LogP contribution in [0.4, 0.5) is 0 Å². The second-order valence-corrected chi connectivity index (χ2v) is 4.50. The van der Waals surface area contributed by atoms with Crippen molar-refractivity contribution in [2.75, 3.05) is 6.54 Å². The van der Waals surface area contributed by atoms with E-state index in [1.54, 1.807) is 26.8 Å². The van der Waals surface area contributed by atoms with E-state index in [1.807, 2.05) is 0 Å². The molecule has 0 saturated carbocycles. The fourth-order valence-corrected chi connectivity index (χ4v) is 1.19. The number of nitrogens with zero attached hydrogens (tertiary/aromatic N) is 1. The molecule has 0 aromatic carbocycles. The summed E-state index contributed by atoms with van der Waals surface area (Å²) in [5.41, 5.74) is 5.36. The molecule has 0 aliphatic carbocycles. The molecular weight excluding hydrogens is 222 g/mol. The van der Waals surface area contributed by atoms with Crippen molar-refractivity contribution in [1.29, 1.82) is 0 Å². The number of carbonyl (C=O) groups is 1. The van der Waals surface area contributed by atoms with Gasteiger partial charge in [0.2, 0.25) is 0 Å². The van der Waals surface area contributed by atoms with Crippen molar-refractivity contribution in [2.24, 2.45) is 16.3 Å². The van der Waals surface area contributed by atoms with E-state index < -0.39 is 5.41 Å². The van der Waals surface area contributed by atoms with E-state index in [1.165, 1.54) is 6.26 Å². The lowest BCUT2D eigenvalue weighted by atomic mass is 9.92. The van der Waals surface area contributed by atoms with Crippen LogP contribution in [-0.4, -0.2) is 23.5 Å². The van der Waals surface area contributed by atoms with Gasteiger partial charge in [0.1, 0.15) is 17.9 Å². The quantitative estimate of drug-likeness (QED) is 0.317. The van der Waals surface area contributed by atoms with Crippen LogP contribution in [0.15, 0.2) is 21.9 Å². The van der Waals surface area contributed by atoms with Gasteiger partial charge in [-0.3, -0.25) is 4.79 Å². The Labute approximate surface area is 99.5 Å². The second kappa shape index (κ2) is 4.90. The fraction of sp³-hybridized carbons (Fsp3) is 0.455. The van der Waals surface area contributed by atoms with Gasteiger partial charge in [-0.2, -0.15) is 0 Å². The number of carbonyl (C=O) groups excluding carboxylic acids is 1. The monoisotopic (exact) mass is 239 g/mol. The number of hydrogen-bond acceptors (Lipinski definition) is 4. The molecule has 1 aromatic heterocycles. The predicted molar refractivity (Wildman–Crippen MR) is 63.0 cm³/mol. The summed E-state index contributed by atoms with van der Waals surface area (Å²) in [4.78, 5) is 11.7. The first kappa shape index (κ1) is 13.1. The van der Waals surface area contributed by atoms with Crippen molar-refractivity contribution in [3.63, 3.8) is 0 Å². The molecule has 0 aliphatic heterocycles. The van der Waals surface area contributed by atoms with Crippen LogP contribution < -0.4 is 11.1 Å². The first-order valence-corrected chi connectivity index (χ1v) is 5.18. The molecule has 0 unspecified atom stereocenters. The molecule has 0 radical (unpaired) electrons. The van der Waals surface area contributed by atoms with Crippen molar-refractivity contribution in [2.45, 2.75) is 20.8 Å². The summed E-state index contributed by atoms with van der Waals surface area (Å²) in [5, 5.41) is 14.2. The molecule has 6 heteroatoms. The molecule has 17 heavy (non-hydrogen) atoms. The Morgan fingerprint density at radius 1 is 1.65 bits per heavy atom. The molecule has 0 spiro atoms. The highest BCUT2D eigenvalue weighted by atomic mass is 16.4. The van der Waals surface area contributed by atoms with E-state index in [9.17, 15) is 4.79 Å². The zero-order valence-electron chi connectivity index (χ0n) is 10.2. The Hall–Kier alpha value is -1.98. The standard InChI is InChI=1S/C11H17N3O3/c1-7-4-8(5-17-7)9(15)13-6-11(2,3)10(12)14-16/h4-5,16H,6H2,1-3H3,(H2,12,14)(H,13,15). The van der Waals surface area contributed by atoms with Gasteiger partial charge in [-0.25, -0.2) is 0 Å². The number of oxime groups is 1. The minimum atomic E-state index is -0.608. The van der Waals surface area contributed by atoms with Gasteiger partial charge < -0.3 is 20.7 Å². The van der Waals surface area contributed by atoms with Crippen LogP contribution in [-0.2, 0) is 0 Å². The Morgan fingerprint density at radius 2 is 2.29 bits per heavy atom. The number of rotatable bonds is 4. The molecule has 4 N–H and O–H groups in total. The third kappa shape index (κ3) is 3.24. The molecule has 0 fully saturated rings. The number of furan rings is 1. The summed E-state index contributed by atoms with van der Waals surface area (Å²) >= 11 is 0. The van der Waals surface area contributed by atoms with Crippen LogP contribution in [0.1, 0.15) is 30.0 Å². The third-order valence-corrected chi connectivity index (χ3v) is 2.48. The zero-order valence-corrected chi connectivity index (χ0v) is 10.2. The molecular formula is C11H17N3O3. The molecule has 1 aromatic rings. The summed E-state index contributed by atoms with van der Waals surface area (Å²) < 4.78 is 5.04. The number of nitrogens with two attached hydrogens (primary N) is 1. The zero-order chi connectivity index (χ0) is 13.1. The number of hydrogen-bond donors (Lipinski definition) is 3. The van der Waals surface area contributed by atoms with E-state index in [0.717, 1.165) is 0 Å². The minimum Gasteiger partial charge on any atom is -0.469 e. The van der Waals surface area contributed by atoms with Gasteiger partial charge in [0, 0.05) is 12.0 Å². The maximum atomic E-state index is 11.7. The highest BCUT2D eigenvalue weighted by molar-refractivity contribution is 5.94. The molecule has 1 rings (SSSR count). The summed E-state index contributed by atoms with van der Waals surface area (Å²) in [6.45, 7) is 5.56. The van der Waals surface area contributed by atoms with E-state index in [2.05, 4.69) is 10.5 Å². The molecule has 0 atom stereocenters. The van der Waals surface area contributed by atoms with Crippen molar-refractivity contribution in [3.05, 3.63) is 23.7 Å². The summed E-state index contributed by atoms with van der Waals surface area (Å²) in [6, 6.07) is 1.64. The van der Waals surface area contributed by atoms with Gasteiger partial charge in [0.25, 0.3) is 5.91 Å². The molecule has 0 aliphatic rings. The molecule has 1 heterocycles. The average Bonchev–Trinajstić information content (AvgIpc) is 2.71. The SMILES string of the molecule is Cc1cc(C(=O)NCC(C)(C)C(N)=NO)co1. The molecule has 94 valence electrons. The Kier molecular flexibility index (Phi) is 3.77. The Morgan fingerprint density at radius 3 is 2.76 bits per heavy atom. The van der Waals surface area contributed by atoms with E-state index in [0.29, 0.717) is 11.3 Å². The van der Waals surface area contributed by atoms with Crippen LogP contribution in [0.25, 0.3) is 0 Å². The third-order valence-electron chi connectivity index (χ3n) is 2.48. The topological polar surface area (TPSA) is 101 Å². The lowest BCUT2D eigenvalue weighted by Crippen LogP contribution is -2.42. The van der Waals surface area contributed by atoms with Gasteiger partial charge in [-0.05, 0) is 13.0 Å². The number of amidine groups is 1. The minimum absolute atomic E-state index is 0.0705. The fourth-order valence-electron chi connectivity index (χ4n) is 1.19. The van der Waals surface area contributed by atoms with Gasteiger partial charge in [0.05, 0.1) is 5.56 Å². The van der Waals surface area contributed by atoms with E-state index in [-0.39, 0.29) is 18.3 Å². The average molecular weight is 239 g/mol. The second-order valence-electron chi connectivity index (χ2n) is 4.50. The van der Waals surface area contributed by atoms with Gasteiger partial charge >= 0.3 is 0 Å². The van der Waals surface area contributed by atoms with Crippen molar-refractivity contribution < 1.29 is 14.4 Å². The summed E-state index contributed by atoms with van der Waals surface area (Å²) in [7, 11) is 0. The van der Waals surface area contributed by atoms with Crippen molar-refractivity contribution >= 4 is 11.7 Å². The van der Waals surface area contributed by atoms with Crippen LogP contribution in [0.3, 0.4) is 0 Å². The van der Waals surface area contributed by atoms with Gasteiger partial charge in [-0.15, -0.1) is 0 Å². The molecule has 6 nitrogen and oxygen atoms in total. The van der Waals surface area contributed by atoms with Crippen LogP contribution in [0.2, 0.25) is 0 Å². The number of nitrogens with one attached hydrogen (secondary N) is 1. The van der Waals surface area contributed by atoms with Crippen LogP contribution in [0, 0.1) is 12.3 Å². The number of amides is 1. The predicted octanol–water partition coefficient (Wildman–Crippen LogP) is 1.09. The Bertz CT molecular complexity index is 435. The highest BCUT2D eigenvalue weighted by Gasteiger charge is 2.24. The highest BCUT2D eigenvalue weighted by Crippen LogP contribution is 2.14. The normalized spacial score (nSPS) is 12.5. The summed E-state index contributed by atoms with van der Waals surface area (Å²) in [5.74, 6) is 0.493. The lowest BCUT2D eigenvalue weighted by Gasteiger charge is -2.22. The summed E-state index contributed by atoms with van der Waals surface area (Å²) in [6.07, 6.45) is 1.39. The van der Waals surface area contributed by atoms with E-state index in [4.69, 9.17) is 15.4 Å². The van der Waals surface area contributed by atoms with Crippen LogP contribution in [0.5, 0.6) is 0 Å².